The minimum absolute atomic E-state index is 0.165. The molecule has 1 saturated heterocycles. The van der Waals surface area contributed by atoms with Crippen molar-refractivity contribution in [1.29, 1.82) is 0 Å². The number of nitrogens with one attached hydrogen (secondary N) is 1. The molecule has 0 radical (unpaired) electrons. The quantitative estimate of drug-likeness (QED) is 0.761. The van der Waals surface area contributed by atoms with Gasteiger partial charge in [0.05, 0.1) is 6.10 Å². The third-order valence-corrected chi connectivity index (χ3v) is 2.85. The molecule has 1 heterocycles. The van der Waals surface area contributed by atoms with Gasteiger partial charge in [0.15, 0.2) is 0 Å². The number of ether oxygens (including phenoxy) is 1. The Balaban J connectivity index is 2.29. The molecule has 3 heteroatoms. The summed E-state index contributed by atoms with van der Waals surface area (Å²) in [5.41, 5.74) is 1.42. The van der Waals surface area contributed by atoms with Crippen LogP contribution in [-0.2, 0) is 4.74 Å². The summed E-state index contributed by atoms with van der Waals surface area (Å²) < 4.78 is 5.64. The molecule has 0 aromatic heterocycles. The maximum atomic E-state index is 5.64. The Bertz CT molecular complexity index is 245. The van der Waals surface area contributed by atoms with Crippen molar-refractivity contribution in [3.63, 3.8) is 0 Å². The lowest BCUT2D eigenvalue weighted by molar-refractivity contribution is 0.0689. The number of nitrogens with zero attached hydrogens (tertiary/aromatic N) is 1. The molecule has 3 nitrogen and oxygen atoms in total. The maximum Gasteiger partial charge on any atom is 0.0674 e. The maximum absolute atomic E-state index is 5.64. The number of hydrogen-bond acceptors (Lipinski definition) is 3. The SMILES string of the molecule is C=C(CNC(C)(C)C)CN1CCCOC(C)C1. The van der Waals surface area contributed by atoms with Gasteiger partial charge in [0.25, 0.3) is 0 Å². The van der Waals surface area contributed by atoms with Crippen molar-refractivity contribution in [2.75, 3.05) is 32.8 Å². The van der Waals surface area contributed by atoms with Crippen LogP contribution in [0.1, 0.15) is 34.1 Å². The van der Waals surface area contributed by atoms with Crippen LogP contribution in [0.25, 0.3) is 0 Å². The fourth-order valence-corrected chi connectivity index (χ4v) is 1.99. The summed E-state index contributed by atoms with van der Waals surface area (Å²) in [5.74, 6) is 0. The summed E-state index contributed by atoms with van der Waals surface area (Å²) in [4.78, 5) is 2.45. The van der Waals surface area contributed by atoms with Crippen LogP contribution < -0.4 is 5.32 Å². The van der Waals surface area contributed by atoms with E-state index in [1.54, 1.807) is 0 Å². The second-order valence-electron chi connectivity index (χ2n) is 6.12. The van der Waals surface area contributed by atoms with Gasteiger partial charge >= 0.3 is 0 Å². The molecule has 0 spiro atoms. The van der Waals surface area contributed by atoms with Crippen molar-refractivity contribution < 1.29 is 4.74 Å². The van der Waals surface area contributed by atoms with E-state index < -0.39 is 0 Å². The fourth-order valence-electron chi connectivity index (χ4n) is 1.99. The van der Waals surface area contributed by atoms with Gasteiger partial charge in [0, 0.05) is 38.3 Å². The molecule has 0 aliphatic carbocycles. The first-order valence-electron chi connectivity index (χ1n) is 6.62. The first-order valence-corrected chi connectivity index (χ1v) is 6.62. The Kier molecular flexibility index (Phi) is 5.63. The molecule has 1 unspecified atom stereocenters. The van der Waals surface area contributed by atoms with Crippen molar-refractivity contribution in [3.8, 4) is 0 Å². The lowest BCUT2D eigenvalue weighted by atomic mass is 10.1. The highest BCUT2D eigenvalue weighted by Gasteiger charge is 2.16. The molecule has 1 fully saturated rings. The minimum Gasteiger partial charge on any atom is -0.377 e. The van der Waals surface area contributed by atoms with Gasteiger partial charge < -0.3 is 10.1 Å². The van der Waals surface area contributed by atoms with Gasteiger partial charge in [-0.2, -0.15) is 0 Å². The molecule has 0 bridgehead atoms. The molecule has 0 saturated carbocycles. The zero-order valence-electron chi connectivity index (χ0n) is 11.9. The van der Waals surface area contributed by atoms with E-state index in [9.17, 15) is 0 Å². The summed E-state index contributed by atoms with van der Waals surface area (Å²) in [6.45, 7) is 17.8. The Hall–Kier alpha value is -0.380. The van der Waals surface area contributed by atoms with Crippen molar-refractivity contribution in [3.05, 3.63) is 12.2 Å². The van der Waals surface area contributed by atoms with Crippen molar-refractivity contribution in [2.45, 2.75) is 45.8 Å². The van der Waals surface area contributed by atoms with Gasteiger partial charge in [0.1, 0.15) is 0 Å². The van der Waals surface area contributed by atoms with E-state index in [-0.39, 0.29) is 5.54 Å². The topological polar surface area (TPSA) is 24.5 Å². The van der Waals surface area contributed by atoms with E-state index >= 15 is 0 Å². The summed E-state index contributed by atoms with van der Waals surface area (Å²) >= 11 is 0. The van der Waals surface area contributed by atoms with E-state index in [1.807, 2.05) is 0 Å². The van der Waals surface area contributed by atoms with E-state index in [0.717, 1.165) is 39.2 Å². The second kappa shape index (κ2) is 6.53. The first-order chi connectivity index (χ1) is 7.87. The van der Waals surface area contributed by atoms with Crippen LogP contribution in [0.5, 0.6) is 0 Å². The zero-order valence-corrected chi connectivity index (χ0v) is 11.9. The summed E-state index contributed by atoms with van der Waals surface area (Å²) in [6.07, 6.45) is 1.48. The van der Waals surface area contributed by atoms with Gasteiger partial charge in [-0.3, -0.25) is 4.90 Å². The van der Waals surface area contributed by atoms with Gasteiger partial charge in [-0.1, -0.05) is 6.58 Å². The molecule has 1 rings (SSSR count). The van der Waals surface area contributed by atoms with E-state index in [1.165, 1.54) is 5.57 Å². The average molecular weight is 240 g/mol. The van der Waals surface area contributed by atoms with Crippen LogP contribution in [-0.4, -0.2) is 49.3 Å². The molecular formula is C14H28N2O. The van der Waals surface area contributed by atoms with Gasteiger partial charge in [0.2, 0.25) is 0 Å². The zero-order chi connectivity index (χ0) is 12.9. The van der Waals surface area contributed by atoms with Crippen molar-refractivity contribution >= 4 is 0 Å². The molecule has 1 aliphatic heterocycles. The smallest absolute Gasteiger partial charge is 0.0674 e. The Labute approximate surface area is 106 Å². The summed E-state index contributed by atoms with van der Waals surface area (Å²) in [6, 6.07) is 0. The van der Waals surface area contributed by atoms with Crippen molar-refractivity contribution in [2.24, 2.45) is 0 Å². The molecule has 1 atom stereocenters. The third-order valence-electron chi connectivity index (χ3n) is 2.85. The molecule has 17 heavy (non-hydrogen) atoms. The van der Waals surface area contributed by atoms with Gasteiger partial charge in [-0.25, -0.2) is 0 Å². The molecule has 1 aliphatic rings. The molecule has 0 aromatic carbocycles. The predicted octanol–water partition coefficient (Wildman–Crippen LogP) is 2.04. The highest BCUT2D eigenvalue weighted by molar-refractivity contribution is 5.01. The third kappa shape index (κ3) is 6.81. The van der Waals surface area contributed by atoms with Crippen LogP contribution in [0.4, 0.5) is 0 Å². The van der Waals surface area contributed by atoms with Crippen LogP contribution in [0.2, 0.25) is 0 Å². The molecule has 0 amide bonds. The Morgan fingerprint density at radius 3 is 2.82 bits per heavy atom. The van der Waals surface area contributed by atoms with Crippen LogP contribution in [0, 0.1) is 0 Å². The predicted molar refractivity (Wildman–Crippen MR) is 73.4 cm³/mol. The summed E-state index contributed by atoms with van der Waals surface area (Å²) in [7, 11) is 0. The van der Waals surface area contributed by atoms with Crippen LogP contribution in [0.15, 0.2) is 12.2 Å². The highest BCUT2D eigenvalue weighted by atomic mass is 16.5. The van der Waals surface area contributed by atoms with E-state index in [2.05, 4.69) is 44.5 Å². The normalized spacial score (nSPS) is 23.4. The van der Waals surface area contributed by atoms with E-state index in [4.69, 9.17) is 4.74 Å². The van der Waals surface area contributed by atoms with Crippen molar-refractivity contribution in [1.82, 2.24) is 10.2 Å². The van der Waals surface area contributed by atoms with Gasteiger partial charge in [-0.05, 0) is 39.7 Å². The number of hydrogen-bond donors (Lipinski definition) is 1. The number of rotatable bonds is 4. The van der Waals surface area contributed by atoms with Crippen LogP contribution >= 0.6 is 0 Å². The monoisotopic (exact) mass is 240 g/mol. The molecule has 100 valence electrons. The Morgan fingerprint density at radius 1 is 1.47 bits per heavy atom. The summed E-state index contributed by atoms with van der Waals surface area (Å²) in [5, 5.41) is 3.48. The lowest BCUT2D eigenvalue weighted by Gasteiger charge is -2.25. The minimum atomic E-state index is 0.165. The lowest BCUT2D eigenvalue weighted by Crippen LogP contribution is -2.39. The van der Waals surface area contributed by atoms with E-state index in [0.29, 0.717) is 6.10 Å². The Morgan fingerprint density at radius 2 is 2.18 bits per heavy atom. The molecular weight excluding hydrogens is 212 g/mol. The first kappa shape index (κ1) is 14.7. The van der Waals surface area contributed by atoms with Crippen LogP contribution in [0.3, 0.4) is 0 Å². The second-order valence-corrected chi connectivity index (χ2v) is 6.12. The average Bonchev–Trinajstić information content (AvgIpc) is 2.39. The largest absolute Gasteiger partial charge is 0.377 e. The molecule has 1 N–H and O–H groups in total. The molecule has 0 aromatic rings. The fraction of sp³-hybridized carbons (Fsp3) is 0.857. The standard InChI is InChI=1S/C14H28N2O/c1-12(9-15-14(3,4)5)10-16-7-6-8-17-13(2)11-16/h13,15H,1,6-11H2,2-5H3. The van der Waals surface area contributed by atoms with Gasteiger partial charge in [-0.15, -0.1) is 0 Å². The highest BCUT2D eigenvalue weighted by Crippen LogP contribution is 2.08.